The highest BCUT2D eigenvalue weighted by Gasteiger charge is 2.31. The van der Waals surface area contributed by atoms with Gasteiger partial charge in [-0.2, -0.15) is 4.98 Å². The van der Waals surface area contributed by atoms with Crippen molar-refractivity contribution < 1.29 is 23.5 Å². The summed E-state index contributed by atoms with van der Waals surface area (Å²) in [5.41, 5.74) is 0.130. The van der Waals surface area contributed by atoms with E-state index in [1.807, 2.05) is 27.7 Å². The summed E-state index contributed by atoms with van der Waals surface area (Å²) in [4.78, 5) is 17.1. The number of benzene rings is 1. The fourth-order valence-corrected chi connectivity index (χ4v) is 2.73. The molecule has 0 saturated carbocycles. The molecular formula is C21H31N3O5. The summed E-state index contributed by atoms with van der Waals surface area (Å²) >= 11 is 0. The van der Waals surface area contributed by atoms with Crippen molar-refractivity contribution in [3.63, 3.8) is 0 Å². The zero-order chi connectivity index (χ0) is 21.8. The van der Waals surface area contributed by atoms with E-state index in [2.05, 4.69) is 22.4 Å². The van der Waals surface area contributed by atoms with Gasteiger partial charge in [0, 0.05) is 11.0 Å². The van der Waals surface area contributed by atoms with Crippen LogP contribution in [0.3, 0.4) is 0 Å². The number of hydrogen-bond donors (Lipinski definition) is 1. The maximum Gasteiger partial charge on any atom is 0.249 e. The Morgan fingerprint density at radius 3 is 2.17 bits per heavy atom. The number of carbonyl (C=O) groups is 1. The third-order valence-corrected chi connectivity index (χ3v) is 4.81. The second-order valence-electron chi connectivity index (χ2n) is 7.96. The SMILES string of the molecule is CCC(C)C(NC(=O)C(C)(C)C)c1nc(-c2cc(OC)c(OC)c(OC)c2)no1. The van der Waals surface area contributed by atoms with Gasteiger partial charge < -0.3 is 24.1 Å². The van der Waals surface area contributed by atoms with E-state index in [-0.39, 0.29) is 17.9 Å². The minimum atomic E-state index is -0.523. The zero-order valence-corrected chi connectivity index (χ0v) is 18.5. The maximum atomic E-state index is 12.5. The second-order valence-corrected chi connectivity index (χ2v) is 7.96. The molecule has 1 aromatic carbocycles. The fourth-order valence-electron chi connectivity index (χ4n) is 2.73. The van der Waals surface area contributed by atoms with Crippen molar-refractivity contribution in [2.45, 2.75) is 47.1 Å². The lowest BCUT2D eigenvalue weighted by atomic mass is 9.93. The first kappa shape index (κ1) is 22.5. The van der Waals surface area contributed by atoms with E-state index in [1.54, 1.807) is 33.5 Å². The molecule has 1 heterocycles. The van der Waals surface area contributed by atoms with E-state index >= 15 is 0 Å². The molecule has 0 aliphatic rings. The molecule has 0 aliphatic carbocycles. The molecule has 160 valence electrons. The summed E-state index contributed by atoms with van der Waals surface area (Å²) in [7, 11) is 4.63. The molecule has 0 aliphatic heterocycles. The predicted molar refractivity (Wildman–Crippen MR) is 109 cm³/mol. The van der Waals surface area contributed by atoms with Crippen LogP contribution in [0.1, 0.15) is 53.0 Å². The summed E-state index contributed by atoms with van der Waals surface area (Å²) < 4.78 is 21.7. The lowest BCUT2D eigenvalue weighted by Gasteiger charge is -2.25. The number of nitrogens with zero attached hydrogens (tertiary/aromatic N) is 2. The van der Waals surface area contributed by atoms with E-state index in [0.29, 0.717) is 34.5 Å². The van der Waals surface area contributed by atoms with Crippen molar-refractivity contribution >= 4 is 5.91 Å². The zero-order valence-electron chi connectivity index (χ0n) is 18.5. The quantitative estimate of drug-likeness (QED) is 0.709. The van der Waals surface area contributed by atoms with Crippen LogP contribution in [-0.2, 0) is 4.79 Å². The Morgan fingerprint density at radius 1 is 1.14 bits per heavy atom. The standard InChI is InChI=1S/C21H31N3O5/c1-9-12(2)16(22-20(25)21(3,4)5)19-23-18(24-29-19)13-10-14(26-6)17(28-8)15(11-13)27-7/h10-12,16H,9H2,1-8H3,(H,22,25). The molecule has 0 spiro atoms. The first-order valence-corrected chi connectivity index (χ1v) is 9.61. The van der Waals surface area contributed by atoms with Gasteiger partial charge in [-0.15, -0.1) is 0 Å². The largest absolute Gasteiger partial charge is 0.493 e. The Bertz CT molecular complexity index is 816. The van der Waals surface area contributed by atoms with Crippen molar-refractivity contribution in [2.75, 3.05) is 21.3 Å². The molecule has 2 aromatic rings. The minimum absolute atomic E-state index is 0.0738. The lowest BCUT2D eigenvalue weighted by molar-refractivity contribution is -0.129. The van der Waals surface area contributed by atoms with Crippen LogP contribution in [0.25, 0.3) is 11.4 Å². The highest BCUT2D eigenvalue weighted by atomic mass is 16.5. The summed E-state index contributed by atoms with van der Waals surface area (Å²) in [6, 6.07) is 3.12. The van der Waals surface area contributed by atoms with Crippen LogP contribution in [0.5, 0.6) is 17.2 Å². The van der Waals surface area contributed by atoms with E-state index in [0.717, 1.165) is 6.42 Å². The summed E-state index contributed by atoms with van der Waals surface area (Å²) in [5, 5.41) is 7.16. The van der Waals surface area contributed by atoms with Gasteiger partial charge in [0.25, 0.3) is 0 Å². The molecule has 29 heavy (non-hydrogen) atoms. The van der Waals surface area contributed by atoms with Crippen LogP contribution in [0.4, 0.5) is 0 Å². The Hall–Kier alpha value is -2.77. The van der Waals surface area contributed by atoms with Crippen LogP contribution in [0.2, 0.25) is 0 Å². The summed E-state index contributed by atoms with van der Waals surface area (Å²) in [5.74, 6) is 2.25. The van der Waals surface area contributed by atoms with Gasteiger partial charge in [0.2, 0.25) is 23.4 Å². The molecule has 1 N–H and O–H groups in total. The maximum absolute atomic E-state index is 12.5. The van der Waals surface area contributed by atoms with Crippen molar-refractivity contribution in [1.29, 1.82) is 0 Å². The first-order valence-electron chi connectivity index (χ1n) is 9.61. The Balaban J connectivity index is 2.42. The van der Waals surface area contributed by atoms with Crippen LogP contribution >= 0.6 is 0 Å². The average Bonchev–Trinajstić information content (AvgIpc) is 3.18. The normalized spacial score (nSPS) is 13.5. The fraction of sp³-hybridized carbons (Fsp3) is 0.571. The van der Waals surface area contributed by atoms with Crippen molar-refractivity contribution in [3.05, 3.63) is 18.0 Å². The number of ether oxygens (including phenoxy) is 3. The molecule has 8 nitrogen and oxygen atoms in total. The number of rotatable bonds is 8. The van der Waals surface area contributed by atoms with Crippen molar-refractivity contribution in [2.24, 2.45) is 11.3 Å². The molecular weight excluding hydrogens is 374 g/mol. The summed E-state index contributed by atoms with van der Waals surface area (Å²) in [6.45, 7) is 9.69. The molecule has 2 unspecified atom stereocenters. The second kappa shape index (κ2) is 9.15. The molecule has 0 bridgehead atoms. The smallest absolute Gasteiger partial charge is 0.249 e. The molecule has 0 saturated heterocycles. The lowest BCUT2D eigenvalue weighted by Crippen LogP contribution is -2.39. The topological polar surface area (TPSA) is 95.7 Å². The van der Waals surface area contributed by atoms with Crippen LogP contribution in [0.15, 0.2) is 16.7 Å². The Morgan fingerprint density at radius 2 is 1.72 bits per heavy atom. The van der Waals surface area contributed by atoms with Crippen LogP contribution in [0, 0.1) is 11.3 Å². The monoisotopic (exact) mass is 405 g/mol. The Labute approximate surface area is 171 Å². The highest BCUT2D eigenvalue weighted by molar-refractivity contribution is 5.81. The number of methoxy groups -OCH3 is 3. The number of hydrogen-bond acceptors (Lipinski definition) is 7. The summed E-state index contributed by atoms with van der Waals surface area (Å²) in [6.07, 6.45) is 0.844. The van der Waals surface area contributed by atoms with Gasteiger partial charge in [-0.05, 0) is 18.1 Å². The minimum Gasteiger partial charge on any atom is -0.493 e. The van der Waals surface area contributed by atoms with Gasteiger partial charge in [-0.25, -0.2) is 0 Å². The van der Waals surface area contributed by atoms with Gasteiger partial charge in [0.05, 0.1) is 21.3 Å². The average molecular weight is 405 g/mol. The van der Waals surface area contributed by atoms with E-state index < -0.39 is 5.41 Å². The van der Waals surface area contributed by atoms with Gasteiger partial charge in [-0.3, -0.25) is 4.79 Å². The van der Waals surface area contributed by atoms with Gasteiger partial charge in [0.15, 0.2) is 11.5 Å². The molecule has 1 aromatic heterocycles. The van der Waals surface area contributed by atoms with E-state index in [4.69, 9.17) is 18.7 Å². The van der Waals surface area contributed by atoms with E-state index in [1.165, 1.54) is 0 Å². The molecule has 0 fully saturated rings. The molecule has 1 amide bonds. The van der Waals surface area contributed by atoms with Crippen molar-refractivity contribution in [3.8, 4) is 28.6 Å². The number of carbonyl (C=O) groups excluding carboxylic acids is 1. The van der Waals surface area contributed by atoms with Gasteiger partial charge in [0.1, 0.15) is 6.04 Å². The number of nitrogens with one attached hydrogen (secondary N) is 1. The molecule has 0 radical (unpaired) electrons. The first-order chi connectivity index (χ1) is 13.7. The van der Waals surface area contributed by atoms with Crippen LogP contribution < -0.4 is 19.5 Å². The molecule has 2 atom stereocenters. The third-order valence-electron chi connectivity index (χ3n) is 4.81. The number of aromatic nitrogens is 2. The number of amides is 1. The third kappa shape index (κ3) is 4.99. The Kier molecular flexibility index (Phi) is 7.11. The van der Waals surface area contributed by atoms with E-state index in [9.17, 15) is 4.79 Å². The van der Waals surface area contributed by atoms with Crippen molar-refractivity contribution in [1.82, 2.24) is 15.5 Å². The van der Waals surface area contributed by atoms with Crippen LogP contribution in [-0.4, -0.2) is 37.4 Å². The predicted octanol–water partition coefficient (Wildman–Crippen LogP) is 4.01. The highest BCUT2D eigenvalue weighted by Crippen LogP contribution is 2.40. The van der Waals surface area contributed by atoms with Gasteiger partial charge >= 0.3 is 0 Å². The molecule has 8 heteroatoms. The van der Waals surface area contributed by atoms with Gasteiger partial charge in [-0.1, -0.05) is 46.2 Å². The molecule has 2 rings (SSSR count).